The molecule has 0 spiro atoms. The van der Waals surface area contributed by atoms with Crippen molar-refractivity contribution in [1.82, 2.24) is 0 Å². The molecular weight excluding hydrogens is 376 g/mol. The van der Waals surface area contributed by atoms with E-state index in [0.29, 0.717) is 0 Å². The number of aldehydes is 1. The molecule has 0 saturated carbocycles. The molecule has 158 valence electrons. The zero-order valence-corrected chi connectivity index (χ0v) is 16.2. The van der Waals surface area contributed by atoms with Crippen LogP contribution in [0.25, 0.3) is 0 Å². The zero-order chi connectivity index (χ0) is 22.1. The van der Waals surface area contributed by atoms with Gasteiger partial charge in [0, 0.05) is 26.7 Å². The molecule has 2 atom stereocenters. The second-order valence-corrected chi connectivity index (χ2v) is 4.71. The van der Waals surface area contributed by atoms with Crippen molar-refractivity contribution in [3.63, 3.8) is 0 Å². The van der Waals surface area contributed by atoms with Crippen LogP contribution in [0.3, 0.4) is 0 Å². The van der Waals surface area contributed by atoms with Crippen molar-refractivity contribution in [3.05, 3.63) is 0 Å². The number of hydrogen-bond acceptors (Lipinski definition) is 7. The Morgan fingerprint density at radius 3 is 1.31 bits per heavy atom. The third-order valence-electron chi connectivity index (χ3n) is 1.46. The van der Waals surface area contributed by atoms with E-state index < -0.39 is 36.7 Å². The third-order valence-corrected chi connectivity index (χ3v) is 1.73. The first-order valence-corrected chi connectivity index (χ1v) is 7.94. The van der Waals surface area contributed by atoms with Crippen molar-refractivity contribution in [3.8, 4) is 0 Å². The lowest BCUT2D eigenvalue weighted by molar-refractivity contribution is -0.135. The lowest BCUT2D eigenvalue weighted by Gasteiger charge is -2.06. The maximum Gasteiger partial charge on any atom is 0.300 e. The van der Waals surface area contributed by atoms with Crippen molar-refractivity contribution < 1.29 is 49.8 Å². The van der Waals surface area contributed by atoms with Gasteiger partial charge in [0.25, 0.3) is 17.9 Å². The molecule has 0 aromatic rings. The fraction of sp³-hybridized carbons (Fsp3) is 0.733. The Morgan fingerprint density at radius 1 is 0.923 bits per heavy atom. The van der Waals surface area contributed by atoms with Crippen LogP contribution < -0.4 is 0 Å². The largest absolute Gasteiger partial charge is 0.481 e. The van der Waals surface area contributed by atoms with Gasteiger partial charge in [-0.3, -0.25) is 14.4 Å². The van der Waals surface area contributed by atoms with Gasteiger partial charge in [-0.25, -0.2) is 0 Å². The maximum absolute atomic E-state index is 9.58. The van der Waals surface area contributed by atoms with Gasteiger partial charge < -0.3 is 35.4 Å². The summed E-state index contributed by atoms with van der Waals surface area (Å²) < 4.78 is 0. The number of alkyl halides is 1. The Morgan fingerprint density at radius 2 is 1.23 bits per heavy atom. The first kappa shape index (κ1) is 35.4. The number of carbonyl (C=O) groups excluding carboxylic acids is 1. The Labute approximate surface area is 158 Å². The van der Waals surface area contributed by atoms with Crippen LogP contribution in [0.2, 0.25) is 0 Å². The molecule has 0 aliphatic heterocycles. The summed E-state index contributed by atoms with van der Waals surface area (Å²) in [5, 5.41) is 47.1. The minimum absolute atomic E-state index is 0.168. The van der Waals surface area contributed by atoms with E-state index in [1.54, 1.807) is 0 Å². The second-order valence-electron chi connectivity index (χ2n) is 4.33. The summed E-state index contributed by atoms with van der Waals surface area (Å²) in [5.74, 6) is -1.67. The predicted molar refractivity (Wildman–Crippen MR) is 95.3 cm³/mol. The molecule has 0 aliphatic rings. The smallest absolute Gasteiger partial charge is 0.300 e. The molecule has 11 heteroatoms. The van der Waals surface area contributed by atoms with Gasteiger partial charge in [0.1, 0.15) is 12.2 Å². The van der Waals surface area contributed by atoms with Gasteiger partial charge in [-0.05, 0) is 6.42 Å². The number of aliphatic carboxylic acids is 3. The van der Waals surface area contributed by atoms with E-state index in [0.717, 1.165) is 26.7 Å². The van der Waals surface area contributed by atoms with E-state index in [2.05, 4.69) is 6.92 Å². The van der Waals surface area contributed by atoms with Crippen LogP contribution >= 0.6 is 11.6 Å². The Balaban J connectivity index is -0.0000000734. The highest BCUT2D eigenvalue weighted by Gasteiger charge is 2.12. The summed E-state index contributed by atoms with van der Waals surface area (Å²) in [6.45, 7) is 4.83. The fourth-order valence-corrected chi connectivity index (χ4v) is 0.732. The lowest BCUT2D eigenvalue weighted by atomic mass is 10.2. The van der Waals surface area contributed by atoms with Gasteiger partial charge in [0.2, 0.25) is 0 Å². The van der Waals surface area contributed by atoms with Crippen molar-refractivity contribution >= 4 is 35.8 Å². The van der Waals surface area contributed by atoms with Crippen molar-refractivity contribution in [2.75, 3.05) is 12.5 Å². The molecule has 0 amide bonds. The van der Waals surface area contributed by atoms with E-state index >= 15 is 0 Å². The highest BCUT2D eigenvalue weighted by molar-refractivity contribution is 6.17. The standard InChI is InChI=1S/C5H11Cl.C4H8O4.3C2H4O2/c1-2-3-4-5-6;5-1-3(7)4(8)2-6;3*1-2(3)4/h2-5H2,1H3;1,3-4,6-8H,2H2;3*1H3,(H,3,4). The monoisotopic (exact) mass is 406 g/mol. The van der Waals surface area contributed by atoms with Gasteiger partial charge in [-0.15, -0.1) is 11.6 Å². The SMILES string of the molecule is CC(=O)O.CC(=O)O.CC(=O)O.CCCCCCl.O=CC(O)C(O)CO. The molecule has 10 nitrogen and oxygen atoms in total. The Bertz CT molecular complexity index is 292. The molecule has 0 aliphatic carbocycles. The number of hydrogen-bond donors (Lipinski definition) is 6. The predicted octanol–water partition coefficient (Wildman–Crippen LogP) is 0.587. The summed E-state index contributed by atoms with van der Waals surface area (Å²) in [5.41, 5.74) is 0. The van der Waals surface area contributed by atoms with Gasteiger partial charge in [0.15, 0.2) is 6.29 Å². The first-order valence-electron chi connectivity index (χ1n) is 7.40. The van der Waals surface area contributed by atoms with E-state index in [4.69, 9.17) is 56.6 Å². The molecule has 0 rings (SSSR count). The molecule has 0 fully saturated rings. The topological polar surface area (TPSA) is 190 Å². The van der Waals surface area contributed by atoms with E-state index in [1.165, 1.54) is 19.3 Å². The van der Waals surface area contributed by atoms with E-state index in [1.807, 2.05) is 0 Å². The number of carboxylic acid groups (broad SMARTS) is 3. The summed E-state index contributed by atoms with van der Waals surface area (Å²) in [4.78, 5) is 36.6. The fourth-order valence-electron chi connectivity index (χ4n) is 0.543. The quantitative estimate of drug-likeness (QED) is 0.206. The van der Waals surface area contributed by atoms with E-state index in [9.17, 15) is 4.79 Å². The molecule has 0 saturated heterocycles. The second kappa shape index (κ2) is 31.1. The summed E-state index contributed by atoms with van der Waals surface area (Å²) in [6, 6.07) is 0. The van der Waals surface area contributed by atoms with Gasteiger partial charge >= 0.3 is 0 Å². The molecule has 0 radical (unpaired) electrons. The van der Waals surface area contributed by atoms with Crippen molar-refractivity contribution in [1.29, 1.82) is 0 Å². The first-order chi connectivity index (χ1) is 11.8. The molecule has 26 heavy (non-hydrogen) atoms. The zero-order valence-electron chi connectivity index (χ0n) is 15.5. The number of aliphatic hydroxyl groups excluding tert-OH is 3. The number of aliphatic hydroxyl groups is 3. The number of carboxylic acids is 3. The summed E-state index contributed by atoms with van der Waals surface area (Å²) in [6.07, 6.45) is 1.10. The lowest BCUT2D eigenvalue weighted by Crippen LogP contribution is -2.30. The Hall–Kier alpha value is -1.75. The third kappa shape index (κ3) is 117. The number of rotatable bonds is 6. The minimum Gasteiger partial charge on any atom is -0.481 e. The maximum atomic E-state index is 9.58. The van der Waals surface area contributed by atoms with Gasteiger partial charge in [0.05, 0.1) is 6.61 Å². The minimum atomic E-state index is -1.46. The van der Waals surface area contributed by atoms with Crippen molar-refractivity contribution in [2.45, 2.75) is 59.2 Å². The summed E-state index contributed by atoms with van der Waals surface area (Å²) >= 11 is 5.38. The average Bonchev–Trinajstić information content (AvgIpc) is 2.50. The number of carbonyl (C=O) groups is 4. The Kier molecular flexibility index (Phi) is 42.3. The normalized spacial score (nSPS) is 10.3. The summed E-state index contributed by atoms with van der Waals surface area (Å²) in [7, 11) is 0. The molecule has 6 N–H and O–H groups in total. The van der Waals surface area contributed by atoms with Crippen LogP contribution in [0.15, 0.2) is 0 Å². The number of halogens is 1. The molecule has 0 aromatic heterocycles. The van der Waals surface area contributed by atoms with Crippen LogP contribution in [0.1, 0.15) is 47.0 Å². The molecule has 0 bridgehead atoms. The van der Waals surface area contributed by atoms with Crippen LogP contribution in [-0.4, -0.2) is 79.5 Å². The van der Waals surface area contributed by atoms with Crippen LogP contribution in [-0.2, 0) is 19.2 Å². The molecule has 0 heterocycles. The van der Waals surface area contributed by atoms with E-state index in [-0.39, 0.29) is 6.29 Å². The van der Waals surface area contributed by atoms with Crippen LogP contribution in [0.4, 0.5) is 0 Å². The highest BCUT2D eigenvalue weighted by Crippen LogP contribution is 1.93. The highest BCUT2D eigenvalue weighted by atomic mass is 35.5. The molecular formula is C15H31ClO10. The number of unbranched alkanes of at least 4 members (excludes halogenated alkanes) is 2. The van der Waals surface area contributed by atoms with Gasteiger partial charge in [-0.2, -0.15) is 0 Å². The van der Waals surface area contributed by atoms with Crippen LogP contribution in [0.5, 0.6) is 0 Å². The van der Waals surface area contributed by atoms with Crippen LogP contribution in [0, 0.1) is 0 Å². The van der Waals surface area contributed by atoms with Gasteiger partial charge in [-0.1, -0.05) is 19.8 Å². The average molecular weight is 407 g/mol. The van der Waals surface area contributed by atoms with Crippen molar-refractivity contribution in [2.24, 2.45) is 0 Å². The molecule has 2 unspecified atom stereocenters. The molecule has 0 aromatic carbocycles.